The van der Waals surface area contributed by atoms with Gasteiger partial charge in [-0.05, 0) is 44.4 Å². The molecular formula is C21H19BrN2O2. The van der Waals surface area contributed by atoms with Crippen LogP contribution in [0.3, 0.4) is 0 Å². The van der Waals surface area contributed by atoms with Gasteiger partial charge >= 0.3 is 0 Å². The van der Waals surface area contributed by atoms with E-state index in [9.17, 15) is 4.79 Å². The van der Waals surface area contributed by atoms with Crippen molar-refractivity contribution in [1.82, 2.24) is 9.88 Å². The summed E-state index contributed by atoms with van der Waals surface area (Å²) in [5, 5.41) is 2.31. The smallest absolute Gasteiger partial charge is 0.228 e. The number of carbonyl (C=O) groups is 1. The third-order valence-corrected chi connectivity index (χ3v) is 5.33. The Labute approximate surface area is 160 Å². The molecule has 0 bridgehead atoms. The summed E-state index contributed by atoms with van der Waals surface area (Å²) in [5.74, 6) is 0.730. The van der Waals surface area contributed by atoms with Crippen LogP contribution < -0.4 is 4.74 Å². The highest BCUT2D eigenvalue weighted by molar-refractivity contribution is 9.10. The molecule has 0 radical (unpaired) electrons. The summed E-state index contributed by atoms with van der Waals surface area (Å²) in [5.41, 5.74) is 1.07. The lowest BCUT2D eigenvalue weighted by atomic mass is 10.0. The number of carbonyl (C=O) groups excluding carboxylic acids is 1. The Kier molecular flexibility index (Phi) is 4.89. The molecule has 1 aliphatic heterocycles. The van der Waals surface area contributed by atoms with E-state index in [1.165, 1.54) is 5.39 Å². The molecule has 132 valence electrons. The van der Waals surface area contributed by atoms with Crippen LogP contribution in [0, 0.1) is 0 Å². The van der Waals surface area contributed by atoms with Crippen LogP contribution >= 0.6 is 15.9 Å². The van der Waals surface area contributed by atoms with E-state index >= 15 is 0 Å². The normalized spacial score (nSPS) is 16.8. The van der Waals surface area contributed by atoms with Crippen LogP contribution in [-0.2, 0) is 11.2 Å². The number of likely N-dealkylation sites (tertiary alicyclic amines) is 1. The molecule has 5 heteroatoms. The monoisotopic (exact) mass is 410 g/mol. The van der Waals surface area contributed by atoms with Gasteiger partial charge in [0.05, 0.1) is 17.4 Å². The number of hydrogen-bond acceptors (Lipinski definition) is 3. The Bertz CT molecular complexity index is 939. The van der Waals surface area contributed by atoms with Gasteiger partial charge in [-0.25, -0.2) is 4.98 Å². The highest BCUT2D eigenvalue weighted by Crippen LogP contribution is 2.25. The Morgan fingerprint density at radius 3 is 2.88 bits per heavy atom. The van der Waals surface area contributed by atoms with Crippen molar-refractivity contribution in [2.24, 2.45) is 0 Å². The summed E-state index contributed by atoms with van der Waals surface area (Å²) >= 11 is 3.45. The molecule has 1 aromatic heterocycles. The zero-order valence-corrected chi connectivity index (χ0v) is 15.9. The fraction of sp³-hybridized carbons (Fsp3) is 0.238. The lowest BCUT2D eigenvalue weighted by Crippen LogP contribution is -2.32. The summed E-state index contributed by atoms with van der Waals surface area (Å²) in [6.45, 7) is 1.32. The van der Waals surface area contributed by atoms with Gasteiger partial charge in [-0.3, -0.25) is 4.79 Å². The number of rotatable bonds is 4. The molecule has 1 atom stereocenters. The number of ether oxygens (including phenoxy) is 1. The van der Waals surface area contributed by atoms with Crippen molar-refractivity contribution in [3.05, 3.63) is 70.8 Å². The number of fused-ring (bicyclic) bond motifs is 1. The number of benzene rings is 2. The quantitative estimate of drug-likeness (QED) is 0.646. The van der Waals surface area contributed by atoms with E-state index in [1.807, 2.05) is 41.3 Å². The lowest BCUT2D eigenvalue weighted by molar-refractivity contribution is -0.129. The number of aromatic nitrogens is 1. The predicted octanol–water partition coefficient (Wildman–Crippen LogP) is 4.22. The maximum absolute atomic E-state index is 12.8. The second-order valence-corrected chi connectivity index (χ2v) is 7.33. The summed E-state index contributed by atoms with van der Waals surface area (Å²) in [6, 6.07) is 18.1. The minimum Gasteiger partial charge on any atom is -0.472 e. The maximum Gasteiger partial charge on any atom is 0.228 e. The number of halogens is 1. The fourth-order valence-electron chi connectivity index (χ4n) is 3.39. The SMILES string of the molecule is O=C(Cc1cccc2ccccc12)N1CCC(Oc2ncccc2Br)C1. The molecule has 2 aromatic carbocycles. The van der Waals surface area contributed by atoms with E-state index in [4.69, 9.17) is 4.74 Å². The van der Waals surface area contributed by atoms with Crippen LogP contribution in [-0.4, -0.2) is 35.0 Å². The largest absolute Gasteiger partial charge is 0.472 e. The van der Waals surface area contributed by atoms with Gasteiger partial charge < -0.3 is 9.64 Å². The zero-order valence-electron chi connectivity index (χ0n) is 14.3. The molecule has 26 heavy (non-hydrogen) atoms. The van der Waals surface area contributed by atoms with E-state index in [0.29, 0.717) is 18.8 Å². The molecule has 1 fully saturated rings. The summed E-state index contributed by atoms with van der Waals surface area (Å²) < 4.78 is 6.79. The number of amides is 1. The molecule has 1 aliphatic rings. The van der Waals surface area contributed by atoms with Crippen molar-refractivity contribution >= 4 is 32.6 Å². The molecule has 0 N–H and O–H groups in total. The molecule has 0 spiro atoms. The van der Waals surface area contributed by atoms with Crippen molar-refractivity contribution in [2.75, 3.05) is 13.1 Å². The first kappa shape index (κ1) is 17.0. The second-order valence-electron chi connectivity index (χ2n) is 6.47. The van der Waals surface area contributed by atoms with E-state index in [-0.39, 0.29) is 12.0 Å². The fourth-order valence-corrected chi connectivity index (χ4v) is 3.74. The first-order valence-corrected chi connectivity index (χ1v) is 9.51. The molecule has 1 unspecified atom stereocenters. The van der Waals surface area contributed by atoms with E-state index in [2.05, 4.69) is 39.1 Å². The van der Waals surface area contributed by atoms with Gasteiger partial charge in [0.25, 0.3) is 0 Å². The van der Waals surface area contributed by atoms with Crippen molar-refractivity contribution in [3.63, 3.8) is 0 Å². The number of nitrogens with zero attached hydrogens (tertiary/aromatic N) is 2. The van der Waals surface area contributed by atoms with Gasteiger partial charge in [-0.1, -0.05) is 42.5 Å². The Balaban J connectivity index is 1.42. The van der Waals surface area contributed by atoms with Gasteiger partial charge in [0.15, 0.2) is 0 Å². The Hall–Kier alpha value is -2.40. The summed E-state index contributed by atoms with van der Waals surface area (Å²) in [6.07, 6.45) is 2.93. The van der Waals surface area contributed by atoms with Gasteiger partial charge in [-0.15, -0.1) is 0 Å². The highest BCUT2D eigenvalue weighted by Gasteiger charge is 2.28. The third kappa shape index (κ3) is 3.58. The third-order valence-electron chi connectivity index (χ3n) is 4.72. The van der Waals surface area contributed by atoms with E-state index < -0.39 is 0 Å². The van der Waals surface area contributed by atoms with Gasteiger partial charge in [-0.2, -0.15) is 0 Å². The molecule has 0 saturated carbocycles. The molecule has 2 heterocycles. The highest BCUT2D eigenvalue weighted by atomic mass is 79.9. The molecular weight excluding hydrogens is 392 g/mol. The molecule has 4 rings (SSSR count). The Morgan fingerprint density at radius 1 is 1.15 bits per heavy atom. The van der Waals surface area contributed by atoms with Crippen LogP contribution in [0.1, 0.15) is 12.0 Å². The average molecular weight is 411 g/mol. The zero-order chi connectivity index (χ0) is 17.9. The average Bonchev–Trinajstić information content (AvgIpc) is 3.13. The molecule has 3 aromatic rings. The van der Waals surface area contributed by atoms with Crippen molar-refractivity contribution < 1.29 is 9.53 Å². The van der Waals surface area contributed by atoms with Crippen LogP contribution in [0.15, 0.2) is 65.3 Å². The van der Waals surface area contributed by atoms with Crippen molar-refractivity contribution in [3.8, 4) is 5.88 Å². The second kappa shape index (κ2) is 7.46. The minimum atomic E-state index is -0.0160. The predicted molar refractivity (Wildman–Crippen MR) is 105 cm³/mol. The number of hydrogen-bond donors (Lipinski definition) is 0. The van der Waals surface area contributed by atoms with Crippen molar-refractivity contribution in [2.45, 2.75) is 18.9 Å². The number of pyridine rings is 1. The first-order chi connectivity index (χ1) is 12.7. The van der Waals surface area contributed by atoms with Crippen LogP contribution in [0.2, 0.25) is 0 Å². The maximum atomic E-state index is 12.8. The van der Waals surface area contributed by atoms with E-state index in [1.54, 1.807) is 6.20 Å². The lowest BCUT2D eigenvalue weighted by Gasteiger charge is -2.18. The standard InChI is InChI=1S/C21H19BrN2O2/c22-19-9-4-11-23-21(19)26-17-10-12-24(14-17)20(25)13-16-7-3-6-15-5-1-2-8-18(15)16/h1-9,11,17H,10,12-14H2. The van der Waals surface area contributed by atoms with E-state index in [0.717, 1.165) is 28.4 Å². The van der Waals surface area contributed by atoms with Gasteiger partial charge in [0, 0.05) is 19.2 Å². The van der Waals surface area contributed by atoms with Crippen LogP contribution in [0.25, 0.3) is 10.8 Å². The molecule has 1 amide bonds. The summed E-state index contributed by atoms with van der Waals surface area (Å²) in [7, 11) is 0. The topological polar surface area (TPSA) is 42.4 Å². The van der Waals surface area contributed by atoms with Crippen LogP contribution in [0.5, 0.6) is 5.88 Å². The summed E-state index contributed by atoms with van der Waals surface area (Å²) in [4.78, 5) is 18.9. The van der Waals surface area contributed by atoms with Crippen LogP contribution in [0.4, 0.5) is 0 Å². The molecule has 0 aliphatic carbocycles. The first-order valence-electron chi connectivity index (χ1n) is 8.72. The molecule has 1 saturated heterocycles. The van der Waals surface area contributed by atoms with Gasteiger partial charge in [0.1, 0.15) is 6.10 Å². The molecule has 4 nitrogen and oxygen atoms in total. The van der Waals surface area contributed by atoms with Gasteiger partial charge in [0.2, 0.25) is 11.8 Å². The Morgan fingerprint density at radius 2 is 2.00 bits per heavy atom. The minimum absolute atomic E-state index is 0.0160. The van der Waals surface area contributed by atoms with Crippen molar-refractivity contribution in [1.29, 1.82) is 0 Å².